The maximum absolute atomic E-state index is 9.75. The summed E-state index contributed by atoms with van der Waals surface area (Å²) < 4.78 is 0. The molecule has 0 saturated carbocycles. The van der Waals surface area contributed by atoms with Crippen LogP contribution in [-0.2, 0) is 0 Å². The quantitative estimate of drug-likeness (QED) is 0.683. The van der Waals surface area contributed by atoms with Gasteiger partial charge >= 0.3 is 0 Å². The van der Waals surface area contributed by atoms with Gasteiger partial charge in [0.25, 0.3) is 0 Å². The standard InChI is InChI=1S/C17H36N2O/c1-5-10-18-17(6-2,14-20)9-7-11-19-12-8-15(3)13-16(19)4/h15-16,18,20H,5-14H2,1-4H3. The Morgan fingerprint density at radius 1 is 1.30 bits per heavy atom. The zero-order chi connectivity index (χ0) is 15.0. The van der Waals surface area contributed by atoms with Crippen molar-refractivity contribution in [3.05, 3.63) is 0 Å². The predicted octanol–water partition coefficient (Wildman–Crippen LogP) is 3.03. The third-order valence-corrected chi connectivity index (χ3v) is 5.11. The van der Waals surface area contributed by atoms with Crippen molar-refractivity contribution in [2.24, 2.45) is 5.92 Å². The molecule has 0 aromatic heterocycles. The minimum atomic E-state index is -0.0532. The lowest BCUT2D eigenvalue weighted by atomic mass is 9.89. The molecule has 0 spiro atoms. The van der Waals surface area contributed by atoms with E-state index in [2.05, 4.69) is 37.9 Å². The Labute approximate surface area is 126 Å². The third-order valence-electron chi connectivity index (χ3n) is 5.11. The van der Waals surface area contributed by atoms with Crippen molar-refractivity contribution < 1.29 is 5.11 Å². The first kappa shape index (κ1) is 17.9. The van der Waals surface area contributed by atoms with E-state index >= 15 is 0 Å². The van der Waals surface area contributed by atoms with Crippen LogP contribution in [0.3, 0.4) is 0 Å². The first-order chi connectivity index (χ1) is 9.56. The second-order valence-corrected chi connectivity index (χ2v) is 6.84. The van der Waals surface area contributed by atoms with Crippen LogP contribution in [0.4, 0.5) is 0 Å². The van der Waals surface area contributed by atoms with Gasteiger partial charge in [-0.15, -0.1) is 0 Å². The molecule has 3 atom stereocenters. The summed E-state index contributed by atoms with van der Waals surface area (Å²) in [5.74, 6) is 0.889. The van der Waals surface area contributed by atoms with Gasteiger partial charge in [0.15, 0.2) is 0 Å². The Balaban J connectivity index is 2.36. The van der Waals surface area contributed by atoms with Gasteiger partial charge in [0, 0.05) is 11.6 Å². The topological polar surface area (TPSA) is 35.5 Å². The van der Waals surface area contributed by atoms with Gasteiger partial charge in [0.1, 0.15) is 0 Å². The maximum Gasteiger partial charge on any atom is 0.0613 e. The number of rotatable bonds is 9. The van der Waals surface area contributed by atoms with E-state index in [0.717, 1.165) is 37.8 Å². The smallest absolute Gasteiger partial charge is 0.0613 e. The van der Waals surface area contributed by atoms with Gasteiger partial charge in [-0.25, -0.2) is 0 Å². The van der Waals surface area contributed by atoms with E-state index in [0.29, 0.717) is 0 Å². The Morgan fingerprint density at radius 3 is 2.60 bits per heavy atom. The summed E-state index contributed by atoms with van der Waals surface area (Å²) in [5, 5.41) is 13.3. The van der Waals surface area contributed by atoms with E-state index < -0.39 is 0 Å². The van der Waals surface area contributed by atoms with Gasteiger partial charge in [-0.2, -0.15) is 0 Å². The zero-order valence-corrected chi connectivity index (χ0v) is 14.1. The van der Waals surface area contributed by atoms with Crippen LogP contribution in [0.5, 0.6) is 0 Å². The van der Waals surface area contributed by atoms with Crippen LogP contribution in [-0.4, -0.2) is 47.8 Å². The van der Waals surface area contributed by atoms with Crippen LogP contribution in [0, 0.1) is 5.92 Å². The van der Waals surface area contributed by atoms with Crippen molar-refractivity contribution in [2.75, 3.05) is 26.2 Å². The highest BCUT2D eigenvalue weighted by Crippen LogP contribution is 2.24. The van der Waals surface area contributed by atoms with E-state index in [1.165, 1.54) is 32.4 Å². The lowest BCUT2D eigenvalue weighted by Gasteiger charge is -2.38. The first-order valence-corrected chi connectivity index (χ1v) is 8.66. The molecule has 0 radical (unpaired) electrons. The van der Waals surface area contributed by atoms with Crippen LogP contribution in [0.15, 0.2) is 0 Å². The largest absolute Gasteiger partial charge is 0.394 e. The van der Waals surface area contributed by atoms with Crippen LogP contribution in [0.25, 0.3) is 0 Å². The molecule has 1 heterocycles. The lowest BCUT2D eigenvalue weighted by molar-refractivity contribution is 0.109. The minimum absolute atomic E-state index is 0.0532. The summed E-state index contributed by atoms with van der Waals surface area (Å²) in [6.45, 7) is 12.8. The summed E-state index contributed by atoms with van der Waals surface area (Å²) >= 11 is 0. The molecule has 20 heavy (non-hydrogen) atoms. The molecule has 1 saturated heterocycles. The van der Waals surface area contributed by atoms with E-state index in [1.54, 1.807) is 0 Å². The number of hydrogen-bond donors (Lipinski definition) is 2. The Kier molecular flexibility index (Phi) is 8.08. The van der Waals surface area contributed by atoms with Crippen molar-refractivity contribution >= 4 is 0 Å². The molecule has 0 bridgehead atoms. The molecule has 0 aromatic rings. The van der Waals surface area contributed by atoms with Gasteiger partial charge in [-0.1, -0.05) is 20.8 Å². The molecule has 1 aliphatic rings. The molecule has 0 aromatic carbocycles. The number of likely N-dealkylation sites (tertiary alicyclic amines) is 1. The molecule has 1 rings (SSSR count). The second kappa shape index (κ2) is 9.01. The van der Waals surface area contributed by atoms with Gasteiger partial charge in [-0.3, -0.25) is 0 Å². The molecule has 3 unspecified atom stereocenters. The van der Waals surface area contributed by atoms with Crippen molar-refractivity contribution in [1.29, 1.82) is 0 Å². The average Bonchev–Trinajstić information content (AvgIpc) is 2.45. The average molecular weight is 284 g/mol. The summed E-state index contributed by atoms with van der Waals surface area (Å²) in [5.41, 5.74) is -0.0532. The highest BCUT2D eigenvalue weighted by Gasteiger charge is 2.27. The molecule has 1 fully saturated rings. The normalized spacial score (nSPS) is 27.4. The van der Waals surface area contributed by atoms with Gasteiger partial charge in [0.05, 0.1) is 6.61 Å². The van der Waals surface area contributed by atoms with Crippen molar-refractivity contribution in [3.63, 3.8) is 0 Å². The molecule has 3 heteroatoms. The van der Waals surface area contributed by atoms with E-state index in [9.17, 15) is 5.11 Å². The summed E-state index contributed by atoms with van der Waals surface area (Å²) in [4.78, 5) is 2.64. The maximum atomic E-state index is 9.75. The molecule has 1 aliphatic heterocycles. The Hall–Kier alpha value is -0.120. The molecule has 2 N–H and O–H groups in total. The highest BCUT2D eigenvalue weighted by atomic mass is 16.3. The van der Waals surface area contributed by atoms with Crippen LogP contribution >= 0.6 is 0 Å². The Morgan fingerprint density at radius 2 is 2.05 bits per heavy atom. The van der Waals surface area contributed by atoms with Crippen LogP contribution < -0.4 is 5.32 Å². The van der Waals surface area contributed by atoms with Crippen molar-refractivity contribution in [3.8, 4) is 0 Å². The molecular formula is C17H36N2O. The number of nitrogens with one attached hydrogen (secondary N) is 1. The van der Waals surface area contributed by atoms with Gasteiger partial charge < -0.3 is 15.3 Å². The van der Waals surface area contributed by atoms with Gasteiger partial charge in [0.2, 0.25) is 0 Å². The minimum Gasteiger partial charge on any atom is -0.394 e. The Bertz CT molecular complexity index is 253. The van der Waals surface area contributed by atoms with Crippen molar-refractivity contribution in [1.82, 2.24) is 10.2 Å². The van der Waals surface area contributed by atoms with Crippen molar-refractivity contribution in [2.45, 2.75) is 77.8 Å². The lowest BCUT2D eigenvalue weighted by Crippen LogP contribution is -2.49. The SMILES string of the molecule is CCCNC(CC)(CO)CCCN1CCC(C)CC1C. The molecule has 0 aliphatic carbocycles. The second-order valence-electron chi connectivity index (χ2n) is 6.84. The highest BCUT2D eigenvalue weighted by molar-refractivity contribution is 4.87. The van der Waals surface area contributed by atoms with Crippen LogP contribution in [0.2, 0.25) is 0 Å². The third kappa shape index (κ3) is 5.34. The number of hydrogen-bond acceptors (Lipinski definition) is 3. The molecule has 3 nitrogen and oxygen atoms in total. The predicted molar refractivity (Wildman–Crippen MR) is 87.1 cm³/mol. The fraction of sp³-hybridized carbons (Fsp3) is 1.00. The fourth-order valence-electron chi connectivity index (χ4n) is 3.44. The molecular weight excluding hydrogens is 248 g/mol. The summed E-state index contributed by atoms with van der Waals surface area (Å²) in [7, 11) is 0. The molecule has 0 amide bonds. The van der Waals surface area contributed by atoms with E-state index in [4.69, 9.17) is 0 Å². The number of aliphatic hydroxyl groups excluding tert-OH is 1. The summed E-state index contributed by atoms with van der Waals surface area (Å²) in [6.07, 6.45) is 7.09. The summed E-state index contributed by atoms with van der Waals surface area (Å²) in [6, 6.07) is 0.729. The number of piperidine rings is 1. The first-order valence-electron chi connectivity index (χ1n) is 8.66. The fourth-order valence-corrected chi connectivity index (χ4v) is 3.44. The number of nitrogens with zero attached hydrogens (tertiary/aromatic N) is 1. The number of aliphatic hydroxyl groups is 1. The van der Waals surface area contributed by atoms with E-state index in [1.807, 2.05) is 0 Å². The van der Waals surface area contributed by atoms with Crippen LogP contribution in [0.1, 0.15) is 66.2 Å². The van der Waals surface area contributed by atoms with Gasteiger partial charge in [-0.05, 0) is 71.0 Å². The monoisotopic (exact) mass is 284 g/mol. The van der Waals surface area contributed by atoms with E-state index in [-0.39, 0.29) is 12.1 Å². The molecule has 120 valence electrons. The zero-order valence-electron chi connectivity index (χ0n) is 14.1.